The number of aliphatic imine (C=N–C) groups is 1. The van der Waals surface area contributed by atoms with Crippen molar-refractivity contribution in [2.45, 2.75) is 26.2 Å². The molecule has 1 aliphatic carbocycles. The predicted molar refractivity (Wildman–Crippen MR) is 76.9 cm³/mol. The van der Waals surface area contributed by atoms with Crippen molar-refractivity contribution in [3.8, 4) is 0 Å². The molecule has 88 valence electrons. The summed E-state index contributed by atoms with van der Waals surface area (Å²) in [6.45, 7) is 6.81. The number of hydrogen-bond acceptors (Lipinski definition) is 1. The Hall–Kier alpha value is -1.89. The number of rotatable bonds is 0. The van der Waals surface area contributed by atoms with Crippen molar-refractivity contribution in [3.63, 3.8) is 0 Å². The molecule has 4 rings (SSSR count). The highest BCUT2D eigenvalue weighted by atomic mass is 14.8. The van der Waals surface area contributed by atoms with Gasteiger partial charge in [-0.25, -0.2) is 4.99 Å². The molecule has 0 bridgehead atoms. The van der Waals surface area contributed by atoms with E-state index in [1.165, 1.54) is 27.5 Å². The molecule has 2 aromatic carbocycles. The first-order valence-corrected chi connectivity index (χ1v) is 6.43. The summed E-state index contributed by atoms with van der Waals surface area (Å²) in [6, 6.07) is 10.9. The molecule has 18 heavy (non-hydrogen) atoms. The van der Waals surface area contributed by atoms with E-state index in [0.29, 0.717) is 0 Å². The number of allylic oxidation sites excluding steroid dienone is 2. The lowest BCUT2D eigenvalue weighted by Crippen LogP contribution is -2.26. The lowest BCUT2D eigenvalue weighted by atomic mass is 9.71. The minimum absolute atomic E-state index is 0.111. The van der Waals surface area contributed by atoms with Gasteiger partial charge in [-0.1, -0.05) is 43.7 Å². The summed E-state index contributed by atoms with van der Waals surface area (Å²) in [7, 11) is 0. The van der Waals surface area contributed by atoms with Gasteiger partial charge >= 0.3 is 0 Å². The lowest BCUT2D eigenvalue weighted by molar-refractivity contribution is 0.620. The van der Waals surface area contributed by atoms with Crippen molar-refractivity contribution in [2.75, 3.05) is 0 Å². The molecule has 1 nitrogen and oxygen atoms in total. The van der Waals surface area contributed by atoms with E-state index >= 15 is 0 Å². The van der Waals surface area contributed by atoms with E-state index in [0.717, 1.165) is 11.4 Å². The minimum atomic E-state index is 0.111. The van der Waals surface area contributed by atoms with Gasteiger partial charge in [-0.3, -0.25) is 0 Å². The molecule has 1 heteroatoms. The zero-order valence-electron chi connectivity index (χ0n) is 10.9. The van der Waals surface area contributed by atoms with Gasteiger partial charge in [0.05, 0.1) is 11.4 Å². The van der Waals surface area contributed by atoms with Crippen LogP contribution >= 0.6 is 0 Å². The summed E-state index contributed by atoms with van der Waals surface area (Å²) in [6.07, 6.45) is 2.25. The second kappa shape index (κ2) is 2.92. The van der Waals surface area contributed by atoms with Crippen molar-refractivity contribution < 1.29 is 0 Å². The largest absolute Gasteiger partial charge is 0.248 e. The first-order valence-electron chi connectivity index (χ1n) is 6.43. The van der Waals surface area contributed by atoms with Crippen LogP contribution in [0.15, 0.2) is 47.0 Å². The van der Waals surface area contributed by atoms with E-state index in [9.17, 15) is 0 Å². The van der Waals surface area contributed by atoms with Gasteiger partial charge in [0, 0.05) is 16.4 Å². The predicted octanol–water partition coefficient (Wildman–Crippen LogP) is 4.51. The molecule has 2 aromatic rings. The maximum atomic E-state index is 4.78. The molecule has 1 heterocycles. The average molecular weight is 233 g/mol. The van der Waals surface area contributed by atoms with Crippen molar-refractivity contribution in [3.05, 3.63) is 53.1 Å². The Balaban J connectivity index is 2.24. The van der Waals surface area contributed by atoms with E-state index in [4.69, 9.17) is 4.99 Å². The van der Waals surface area contributed by atoms with Crippen LogP contribution in [0.5, 0.6) is 0 Å². The van der Waals surface area contributed by atoms with Crippen LogP contribution in [-0.4, -0.2) is 5.71 Å². The smallest absolute Gasteiger partial charge is 0.0722 e. The van der Waals surface area contributed by atoms with Gasteiger partial charge < -0.3 is 0 Å². The third-order valence-corrected chi connectivity index (χ3v) is 4.53. The van der Waals surface area contributed by atoms with Crippen LogP contribution in [0, 0.1) is 0 Å². The SMILES string of the molecule is CC1=CC2=Nc3cccc4ccc(c2c34)C1(C)C. The van der Waals surface area contributed by atoms with Gasteiger partial charge in [-0.05, 0) is 30.0 Å². The molecule has 0 saturated carbocycles. The highest BCUT2D eigenvalue weighted by Crippen LogP contribution is 2.46. The Bertz CT molecular complexity index is 761. The lowest BCUT2D eigenvalue weighted by Gasteiger charge is -2.32. The summed E-state index contributed by atoms with van der Waals surface area (Å²) in [5.74, 6) is 0. The summed E-state index contributed by atoms with van der Waals surface area (Å²) in [5.41, 5.74) is 6.55. The normalized spacial score (nSPS) is 18.8. The highest BCUT2D eigenvalue weighted by molar-refractivity contribution is 6.26. The minimum Gasteiger partial charge on any atom is -0.248 e. The number of nitrogens with zero attached hydrogens (tertiary/aromatic N) is 1. The molecule has 0 saturated heterocycles. The van der Waals surface area contributed by atoms with Crippen LogP contribution < -0.4 is 0 Å². The standard InChI is InChI=1S/C17H15N/c1-10-9-14-16-12(17(10,2)3)8-7-11-5-4-6-13(18-14)15(11)16/h4-9H,1-3H3. The van der Waals surface area contributed by atoms with Crippen molar-refractivity contribution in [1.82, 2.24) is 0 Å². The fourth-order valence-corrected chi connectivity index (χ4v) is 3.13. The second-order valence-electron chi connectivity index (χ2n) is 5.81. The molecule has 0 atom stereocenters. The summed E-state index contributed by atoms with van der Waals surface area (Å²) in [4.78, 5) is 4.78. The zero-order valence-corrected chi connectivity index (χ0v) is 10.9. The Morgan fingerprint density at radius 1 is 1.06 bits per heavy atom. The third kappa shape index (κ3) is 1.01. The van der Waals surface area contributed by atoms with Crippen LogP contribution in [0.2, 0.25) is 0 Å². The van der Waals surface area contributed by atoms with Crippen LogP contribution in [0.4, 0.5) is 5.69 Å². The van der Waals surface area contributed by atoms with E-state index < -0.39 is 0 Å². The Kier molecular flexibility index (Phi) is 1.63. The van der Waals surface area contributed by atoms with Crippen LogP contribution in [0.1, 0.15) is 31.9 Å². The van der Waals surface area contributed by atoms with Crippen LogP contribution in [0.3, 0.4) is 0 Å². The van der Waals surface area contributed by atoms with Gasteiger partial charge in [0.15, 0.2) is 0 Å². The van der Waals surface area contributed by atoms with Crippen LogP contribution in [0.25, 0.3) is 10.8 Å². The Labute approximate surface area is 107 Å². The molecular weight excluding hydrogens is 218 g/mol. The van der Waals surface area contributed by atoms with Crippen molar-refractivity contribution >= 4 is 22.2 Å². The molecule has 0 N–H and O–H groups in total. The average Bonchev–Trinajstić information content (AvgIpc) is 2.70. The van der Waals surface area contributed by atoms with E-state index in [2.05, 4.69) is 57.2 Å². The zero-order chi connectivity index (χ0) is 12.5. The van der Waals surface area contributed by atoms with Gasteiger partial charge in [0.25, 0.3) is 0 Å². The van der Waals surface area contributed by atoms with Gasteiger partial charge in [-0.15, -0.1) is 0 Å². The fraction of sp³-hybridized carbons (Fsp3) is 0.235. The van der Waals surface area contributed by atoms with Crippen molar-refractivity contribution in [2.24, 2.45) is 4.99 Å². The van der Waals surface area contributed by atoms with Gasteiger partial charge in [0.1, 0.15) is 0 Å². The quantitative estimate of drug-likeness (QED) is 0.634. The molecule has 0 aromatic heterocycles. The molecule has 2 aliphatic rings. The highest BCUT2D eigenvalue weighted by Gasteiger charge is 2.34. The number of benzene rings is 2. The second-order valence-corrected chi connectivity index (χ2v) is 5.81. The summed E-state index contributed by atoms with van der Waals surface area (Å²) < 4.78 is 0. The molecule has 0 unspecified atom stereocenters. The van der Waals surface area contributed by atoms with Gasteiger partial charge in [0.2, 0.25) is 0 Å². The maximum absolute atomic E-state index is 4.78. The summed E-state index contributed by atoms with van der Waals surface area (Å²) in [5, 5.41) is 2.63. The monoisotopic (exact) mass is 233 g/mol. The first kappa shape index (κ1) is 10.1. The van der Waals surface area contributed by atoms with E-state index in [1.54, 1.807) is 0 Å². The summed E-state index contributed by atoms with van der Waals surface area (Å²) >= 11 is 0. The van der Waals surface area contributed by atoms with Crippen molar-refractivity contribution in [1.29, 1.82) is 0 Å². The molecule has 0 amide bonds. The van der Waals surface area contributed by atoms with E-state index in [1.807, 2.05) is 0 Å². The Morgan fingerprint density at radius 2 is 1.89 bits per heavy atom. The topological polar surface area (TPSA) is 12.4 Å². The maximum Gasteiger partial charge on any atom is 0.0722 e. The molecule has 1 aliphatic heterocycles. The fourth-order valence-electron chi connectivity index (χ4n) is 3.13. The van der Waals surface area contributed by atoms with Gasteiger partial charge in [-0.2, -0.15) is 0 Å². The Morgan fingerprint density at radius 3 is 2.72 bits per heavy atom. The molecular formula is C17H15N. The molecule has 0 spiro atoms. The molecule has 0 radical (unpaired) electrons. The number of hydrogen-bond donors (Lipinski definition) is 0. The van der Waals surface area contributed by atoms with E-state index in [-0.39, 0.29) is 5.41 Å². The first-order chi connectivity index (χ1) is 8.59. The molecule has 0 fully saturated rings. The van der Waals surface area contributed by atoms with Crippen LogP contribution in [-0.2, 0) is 5.41 Å². The third-order valence-electron chi connectivity index (χ3n) is 4.53.